The number of benzene rings is 1. The van der Waals surface area contributed by atoms with E-state index in [9.17, 15) is 33.9 Å². The molecule has 0 saturated carbocycles. The monoisotopic (exact) mass is 506 g/mol. The van der Waals surface area contributed by atoms with E-state index in [-0.39, 0.29) is 30.0 Å². The summed E-state index contributed by atoms with van der Waals surface area (Å²) in [6.45, 7) is 5.55. The average Bonchev–Trinajstić information content (AvgIpc) is 2.76. The summed E-state index contributed by atoms with van der Waals surface area (Å²) in [5.41, 5.74) is -0.744. The molecular weight excluding hydrogens is 476 g/mol. The van der Waals surface area contributed by atoms with E-state index in [0.29, 0.717) is 0 Å². The molecule has 0 aliphatic carbocycles. The zero-order valence-electron chi connectivity index (χ0n) is 20.7. The van der Waals surface area contributed by atoms with Gasteiger partial charge >= 0.3 is 18.0 Å². The highest BCUT2D eigenvalue weighted by atomic mass is 16.6. The maximum Gasteiger partial charge on any atom is 0.335 e. The van der Waals surface area contributed by atoms with Gasteiger partial charge < -0.3 is 25.2 Å². The van der Waals surface area contributed by atoms with E-state index in [1.807, 2.05) is 0 Å². The standard InChI is InChI=1S/C23H30N4O9/c1-13(28)25-15(11-19(30)36-23(2,3)4)20(31)24-12-27-18(29)8-9-26(22(27)34)16-10-14(21(32)33)6-7-17(16)35-5/h6-7,10,15H,8-9,11-12H2,1-5H3,(H,24,31)(H,25,28)(H,32,33). The van der Waals surface area contributed by atoms with Gasteiger partial charge in [0.1, 0.15) is 24.1 Å². The van der Waals surface area contributed by atoms with Crippen LogP contribution >= 0.6 is 0 Å². The van der Waals surface area contributed by atoms with Crippen molar-refractivity contribution in [2.45, 2.75) is 52.2 Å². The summed E-state index contributed by atoms with van der Waals surface area (Å²) >= 11 is 0. The van der Waals surface area contributed by atoms with E-state index in [2.05, 4.69) is 10.6 Å². The molecule has 1 unspecified atom stereocenters. The van der Waals surface area contributed by atoms with E-state index in [0.717, 1.165) is 4.90 Å². The lowest BCUT2D eigenvalue weighted by Crippen LogP contribution is -2.57. The molecular formula is C23H30N4O9. The van der Waals surface area contributed by atoms with Gasteiger partial charge in [0.15, 0.2) is 0 Å². The Morgan fingerprint density at radius 1 is 1.17 bits per heavy atom. The van der Waals surface area contributed by atoms with Crippen molar-refractivity contribution in [3.63, 3.8) is 0 Å². The summed E-state index contributed by atoms with van der Waals surface area (Å²) in [5, 5.41) is 14.0. The molecule has 0 aromatic heterocycles. The number of rotatable bonds is 9. The van der Waals surface area contributed by atoms with Crippen LogP contribution in [-0.2, 0) is 23.9 Å². The van der Waals surface area contributed by atoms with Crippen LogP contribution < -0.4 is 20.3 Å². The molecule has 2 rings (SSSR count). The van der Waals surface area contributed by atoms with Crippen molar-refractivity contribution >= 4 is 41.4 Å². The number of hydrogen-bond donors (Lipinski definition) is 3. The van der Waals surface area contributed by atoms with E-state index in [1.165, 1.54) is 37.1 Å². The van der Waals surface area contributed by atoms with Crippen molar-refractivity contribution in [2.24, 2.45) is 0 Å². The molecule has 1 aromatic rings. The Bertz CT molecular complexity index is 1060. The number of imide groups is 1. The van der Waals surface area contributed by atoms with Gasteiger partial charge in [0.05, 0.1) is 24.8 Å². The molecule has 1 fully saturated rings. The third kappa shape index (κ3) is 7.42. The predicted molar refractivity (Wildman–Crippen MR) is 125 cm³/mol. The van der Waals surface area contributed by atoms with Crippen LogP contribution in [0.4, 0.5) is 10.5 Å². The molecule has 1 aromatic carbocycles. The maximum absolute atomic E-state index is 13.1. The second-order valence-corrected chi connectivity index (χ2v) is 8.94. The normalized spacial score (nSPS) is 14.7. The Labute approximate surface area is 207 Å². The minimum atomic E-state index is -1.30. The Kier molecular flexibility index (Phi) is 8.98. The molecule has 0 radical (unpaired) electrons. The zero-order chi connectivity index (χ0) is 27.2. The quantitative estimate of drug-likeness (QED) is 0.411. The van der Waals surface area contributed by atoms with Crippen molar-refractivity contribution in [3.8, 4) is 5.75 Å². The second kappa shape index (κ2) is 11.5. The summed E-state index contributed by atoms with van der Waals surface area (Å²) in [4.78, 5) is 75.3. The minimum absolute atomic E-state index is 0.0330. The number of hydrogen-bond acceptors (Lipinski definition) is 8. The maximum atomic E-state index is 13.1. The van der Waals surface area contributed by atoms with Crippen LogP contribution in [0.5, 0.6) is 5.75 Å². The number of methoxy groups -OCH3 is 1. The number of carboxylic acid groups (broad SMARTS) is 1. The number of carboxylic acids is 1. The first-order chi connectivity index (χ1) is 16.7. The van der Waals surface area contributed by atoms with Crippen molar-refractivity contribution in [1.29, 1.82) is 0 Å². The topological polar surface area (TPSA) is 172 Å². The third-order valence-corrected chi connectivity index (χ3v) is 4.92. The van der Waals surface area contributed by atoms with E-state index < -0.39 is 60.4 Å². The van der Waals surface area contributed by atoms with Crippen molar-refractivity contribution in [1.82, 2.24) is 15.5 Å². The van der Waals surface area contributed by atoms with Gasteiger partial charge in [-0.2, -0.15) is 0 Å². The largest absolute Gasteiger partial charge is 0.495 e. The predicted octanol–water partition coefficient (Wildman–Crippen LogP) is 0.862. The molecule has 3 N–H and O–H groups in total. The van der Waals surface area contributed by atoms with Crippen molar-refractivity contribution in [2.75, 3.05) is 25.2 Å². The molecule has 13 heteroatoms. The first-order valence-corrected chi connectivity index (χ1v) is 11.0. The number of aromatic carboxylic acids is 1. The fourth-order valence-electron chi connectivity index (χ4n) is 3.39. The first kappa shape index (κ1) is 28.1. The van der Waals surface area contributed by atoms with Crippen LogP contribution in [0, 0.1) is 0 Å². The second-order valence-electron chi connectivity index (χ2n) is 8.94. The SMILES string of the molecule is COc1ccc(C(=O)O)cc1N1CCC(=O)N(CNC(=O)C(CC(=O)OC(C)(C)C)NC(C)=O)C1=O. The number of urea groups is 1. The summed E-state index contributed by atoms with van der Waals surface area (Å²) < 4.78 is 10.4. The number of ether oxygens (including phenoxy) is 2. The number of esters is 1. The lowest BCUT2D eigenvalue weighted by Gasteiger charge is -2.35. The molecule has 5 amide bonds. The molecule has 13 nitrogen and oxygen atoms in total. The first-order valence-electron chi connectivity index (χ1n) is 11.0. The molecule has 0 spiro atoms. The number of nitrogens with zero attached hydrogens (tertiary/aromatic N) is 2. The van der Waals surface area contributed by atoms with Crippen molar-refractivity contribution < 1.29 is 43.3 Å². The van der Waals surface area contributed by atoms with Crippen LogP contribution in [0.15, 0.2) is 18.2 Å². The molecule has 36 heavy (non-hydrogen) atoms. The zero-order valence-corrected chi connectivity index (χ0v) is 20.7. The Balaban J connectivity index is 2.18. The minimum Gasteiger partial charge on any atom is -0.495 e. The molecule has 1 aliphatic rings. The van der Waals surface area contributed by atoms with Crippen LogP contribution in [0.3, 0.4) is 0 Å². The smallest absolute Gasteiger partial charge is 0.335 e. The van der Waals surface area contributed by atoms with Gasteiger partial charge in [-0.3, -0.25) is 24.1 Å². The van der Waals surface area contributed by atoms with E-state index in [4.69, 9.17) is 9.47 Å². The molecule has 1 atom stereocenters. The van der Waals surface area contributed by atoms with Gasteiger partial charge in [-0.25, -0.2) is 14.5 Å². The highest BCUT2D eigenvalue weighted by molar-refractivity contribution is 6.07. The van der Waals surface area contributed by atoms with Gasteiger partial charge in [-0.05, 0) is 39.0 Å². The Morgan fingerprint density at radius 2 is 1.83 bits per heavy atom. The lowest BCUT2D eigenvalue weighted by atomic mass is 10.1. The van der Waals surface area contributed by atoms with E-state index >= 15 is 0 Å². The summed E-state index contributed by atoms with van der Waals surface area (Å²) in [7, 11) is 1.35. The highest BCUT2D eigenvalue weighted by Gasteiger charge is 2.35. The molecule has 1 saturated heterocycles. The molecule has 196 valence electrons. The number of nitrogens with one attached hydrogen (secondary N) is 2. The number of amides is 5. The van der Waals surface area contributed by atoms with E-state index in [1.54, 1.807) is 20.8 Å². The average molecular weight is 507 g/mol. The third-order valence-electron chi connectivity index (χ3n) is 4.92. The van der Waals surface area contributed by atoms with Gasteiger partial charge in [0, 0.05) is 19.9 Å². The fraction of sp³-hybridized carbons (Fsp3) is 0.478. The fourth-order valence-corrected chi connectivity index (χ4v) is 3.39. The number of carbonyl (C=O) groups is 6. The summed E-state index contributed by atoms with van der Waals surface area (Å²) in [6, 6.07) is 1.85. The Hall–Kier alpha value is -4.16. The van der Waals surface area contributed by atoms with Gasteiger partial charge in [0.25, 0.3) is 0 Å². The number of carbonyl (C=O) groups excluding carboxylic acids is 5. The van der Waals surface area contributed by atoms with Crippen LogP contribution in [0.25, 0.3) is 0 Å². The lowest BCUT2D eigenvalue weighted by molar-refractivity contribution is -0.156. The van der Waals surface area contributed by atoms with Gasteiger partial charge in [-0.15, -0.1) is 0 Å². The highest BCUT2D eigenvalue weighted by Crippen LogP contribution is 2.32. The summed E-state index contributed by atoms with van der Waals surface area (Å²) in [6.07, 6.45) is -0.565. The Morgan fingerprint density at radius 3 is 2.39 bits per heavy atom. The molecule has 1 aliphatic heterocycles. The van der Waals surface area contributed by atoms with Gasteiger partial charge in [-0.1, -0.05) is 0 Å². The van der Waals surface area contributed by atoms with Gasteiger partial charge in [0.2, 0.25) is 17.7 Å². The number of anilines is 1. The summed E-state index contributed by atoms with van der Waals surface area (Å²) in [5.74, 6) is -3.67. The molecule has 1 heterocycles. The molecule has 0 bridgehead atoms. The van der Waals surface area contributed by atoms with Crippen LogP contribution in [-0.4, -0.2) is 77.7 Å². The van der Waals surface area contributed by atoms with Crippen molar-refractivity contribution in [3.05, 3.63) is 23.8 Å². The van der Waals surface area contributed by atoms with Crippen LogP contribution in [0.2, 0.25) is 0 Å². The van der Waals surface area contributed by atoms with Crippen LogP contribution in [0.1, 0.15) is 50.9 Å².